The maximum Gasteiger partial charge on any atom is 0.159 e. The van der Waals surface area contributed by atoms with Crippen LogP contribution in [-0.4, -0.2) is 5.78 Å². The van der Waals surface area contributed by atoms with Crippen LogP contribution in [0.2, 0.25) is 0 Å². The second kappa shape index (κ2) is 4.80. The van der Waals surface area contributed by atoms with Crippen molar-refractivity contribution in [1.29, 1.82) is 0 Å². The van der Waals surface area contributed by atoms with Gasteiger partial charge in [0.15, 0.2) is 5.78 Å². The highest BCUT2D eigenvalue weighted by Gasteiger charge is 2.08. The molecule has 0 aliphatic rings. The van der Waals surface area contributed by atoms with Crippen molar-refractivity contribution in [1.82, 2.24) is 0 Å². The summed E-state index contributed by atoms with van der Waals surface area (Å²) in [5, 5.41) is 1.95. The highest BCUT2D eigenvalue weighted by Crippen LogP contribution is 2.33. The summed E-state index contributed by atoms with van der Waals surface area (Å²) in [6, 6.07) is 8.46. The summed E-state index contributed by atoms with van der Waals surface area (Å²) < 4.78 is 14.7. The van der Waals surface area contributed by atoms with Crippen LogP contribution in [0.4, 0.5) is 4.39 Å². The first-order valence-electron chi connectivity index (χ1n) is 4.68. The number of hydrogen-bond acceptors (Lipinski definition) is 3. The van der Waals surface area contributed by atoms with Gasteiger partial charge >= 0.3 is 0 Å². The predicted molar refractivity (Wildman–Crippen MR) is 64.8 cm³/mol. The first kappa shape index (κ1) is 11.4. The molecular weight excluding hydrogens is 243 g/mol. The van der Waals surface area contributed by atoms with E-state index in [0.29, 0.717) is 10.5 Å². The maximum atomic E-state index is 13.6. The Morgan fingerprint density at radius 1 is 1.38 bits per heavy atom. The van der Waals surface area contributed by atoms with Gasteiger partial charge in [-0.1, -0.05) is 23.9 Å². The smallest absolute Gasteiger partial charge is 0.159 e. The molecule has 0 amide bonds. The quantitative estimate of drug-likeness (QED) is 0.760. The molecule has 0 spiro atoms. The molecule has 0 N–H and O–H groups in total. The Morgan fingerprint density at radius 3 is 2.75 bits per heavy atom. The molecule has 2 rings (SSSR count). The van der Waals surface area contributed by atoms with E-state index in [0.717, 1.165) is 4.21 Å². The first-order valence-corrected chi connectivity index (χ1v) is 6.38. The van der Waals surface area contributed by atoms with E-state index in [4.69, 9.17) is 0 Å². The second-order valence-electron chi connectivity index (χ2n) is 3.24. The molecule has 0 aliphatic carbocycles. The van der Waals surface area contributed by atoms with E-state index < -0.39 is 0 Å². The fourth-order valence-corrected chi connectivity index (χ4v) is 2.97. The molecule has 0 unspecified atom stereocenters. The number of thiophene rings is 1. The molecule has 0 radical (unpaired) electrons. The zero-order valence-electron chi connectivity index (χ0n) is 8.57. The Kier molecular flexibility index (Phi) is 3.41. The number of carbonyl (C=O) groups excluding carboxylic acids is 1. The van der Waals surface area contributed by atoms with Crippen LogP contribution in [0.15, 0.2) is 44.8 Å². The minimum absolute atomic E-state index is 0.119. The largest absolute Gasteiger partial charge is 0.295 e. The van der Waals surface area contributed by atoms with Gasteiger partial charge in [-0.2, -0.15) is 0 Å². The standard InChI is InChI=1S/C12H9FOS2/c1-8(14)9-4-5-11(10(13)7-9)16-12-3-2-6-15-12/h2-7H,1H3. The molecule has 82 valence electrons. The lowest BCUT2D eigenvalue weighted by Crippen LogP contribution is -1.93. The summed E-state index contributed by atoms with van der Waals surface area (Å²) in [7, 11) is 0. The summed E-state index contributed by atoms with van der Waals surface area (Å²) in [6.45, 7) is 1.43. The Balaban J connectivity index is 2.26. The van der Waals surface area contributed by atoms with Crippen molar-refractivity contribution < 1.29 is 9.18 Å². The van der Waals surface area contributed by atoms with Crippen LogP contribution in [0, 0.1) is 5.82 Å². The molecule has 0 atom stereocenters. The minimum Gasteiger partial charge on any atom is -0.295 e. The van der Waals surface area contributed by atoms with Crippen molar-refractivity contribution in [2.45, 2.75) is 16.0 Å². The number of carbonyl (C=O) groups is 1. The lowest BCUT2D eigenvalue weighted by Gasteiger charge is -2.02. The number of ketones is 1. The van der Waals surface area contributed by atoms with Gasteiger partial charge in [0.25, 0.3) is 0 Å². The van der Waals surface area contributed by atoms with Gasteiger partial charge in [0.2, 0.25) is 0 Å². The molecule has 1 aromatic carbocycles. The third-order valence-electron chi connectivity index (χ3n) is 2.04. The van der Waals surface area contributed by atoms with E-state index in [1.165, 1.54) is 24.8 Å². The zero-order chi connectivity index (χ0) is 11.5. The third kappa shape index (κ3) is 2.51. The van der Waals surface area contributed by atoms with Crippen LogP contribution in [0.25, 0.3) is 0 Å². The molecule has 16 heavy (non-hydrogen) atoms. The van der Waals surface area contributed by atoms with Gasteiger partial charge in [-0.3, -0.25) is 4.79 Å². The van der Waals surface area contributed by atoms with E-state index >= 15 is 0 Å². The van der Waals surface area contributed by atoms with Gasteiger partial charge in [0.05, 0.1) is 4.21 Å². The van der Waals surface area contributed by atoms with Crippen molar-refractivity contribution >= 4 is 28.9 Å². The summed E-state index contributed by atoms with van der Waals surface area (Å²) >= 11 is 2.94. The molecule has 0 saturated carbocycles. The Bertz CT molecular complexity index is 506. The highest BCUT2D eigenvalue weighted by atomic mass is 32.2. The van der Waals surface area contributed by atoms with E-state index in [9.17, 15) is 9.18 Å². The van der Waals surface area contributed by atoms with Gasteiger partial charge in [-0.05, 0) is 30.5 Å². The van der Waals surface area contributed by atoms with E-state index in [-0.39, 0.29) is 11.6 Å². The van der Waals surface area contributed by atoms with Gasteiger partial charge in [0.1, 0.15) is 5.82 Å². The number of halogens is 1. The molecule has 2 aromatic rings. The Hall–Kier alpha value is -1.13. The number of hydrogen-bond donors (Lipinski definition) is 0. The highest BCUT2D eigenvalue weighted by molar-refractivity contribution is 8.01. The number of rotatable bonds is 3. The molecule has 0 bridgehead atoms. The lowest BCUT2D eigenvalue weighted by molar-refractivity contribution is 0.101. The van der Waals surface area contributed by atoms with Crippen LogP contribution in [0.3, 0.4) is 0 Å². The summed E-state index contributed by atoms with van der Waals surface area (Å²) in [5.41, 5.74) is 0.410. The zero-order valence-corrected chi connectivity index (χ0v) is 10.2. The third-order valence-corrected chi connectivity index (χ3v) is 4.13. The molecule has 0 fully saturated rings. The van der Waals surface area contributed by atoms with Crippen LogP contribution in [0.1, 0.15) is 17.3 Å². The van der Waals surface area contributed by atoms with Crippen molar-refractivity contribution in [2.24, 2.45) is 0 Å². The van der Waals surface area contributed by atoms with E-state index in [1.54, 1.807) is 23.5 Å². The normalized spacial score (nSPS) is 10.4. The SMILES string of the molecule is CC(=O)c1ccc(Sc2cccs2)c(F)c1. The predicted octanol–water partition coefficient (Wildman–Crippen LogP) is 4.24. The van der Waals surface area contributed by atoms with Crippen molar-refractivity contribution in [3.8, 4) is 0 Å². The van der Waals surface area contributed by atoms with Gasteiger partial charge in [0, 0.05) is 10.5 Å². The molecular formula is C12H9FOS2. The molecule has 4 heteroatoms. The van der Waals surface area contributed by atoms with Gasteiger partial charge in [-0.25, -0.2) is 4.39 Å². The van der Waals surface area contributed by atoms with Crippen LogP contribution in [0.5, 0.6) is 0 Å². The average Bonchev–Trinajstić information content (AvgIpc) is 2.73. The Morgan fingerprint density at radius 2 is 2.19 bits per heavy atom. The van der Waals surface area contributed by atoms with Gasteiger partial charge in [-0.15, -0.1) is 11.3 Å². The minimum atomic E-state index is -0.342. The average molecular weight is 252 g/mol. The summed E-state index contributed by atoms with van der Waals surface area (Å²) in [4.78, 5) is 11.6. The van der Waals surface area contributed by atoms with Crippen molar-refractivity contribution in [2.75, 3.05) is 0 Å². The van der Waals surface area contributed by atoms with Gasteiger partial charge < -0.3 is 0 Å². The maximum absolute atomic E-state index is 13.6. The molecule has 0 aliphatic heterocycles. The molecule has 1 heterocycles. The summed E-state index contributed by atoms with van der Waals surface area (Å²) in [5.74, 6) is -0.460. The van der Waals surface area contributed by atoms with E-state index in [2.05, 4.69) is 0 Å². The monoisotopic (exact) mass is 252 g/mol. The topological polar surface area (TPSA) is 17.1 Å². The lowest BCUT2D eigenvalue weighted by atomic mass is 10.1. The number of Topliss-reactive ketones (excluding diaryl/α,β-unsaturated/α-hetero) is 1. The van der Waals surface area contributed by atoms with Crippen LogP contribution >= 0.6 is 23.1 Å². The summed E-state index contributed by atoms with van der Waals surface area (Å²) in [6.07, 6.45) is 0. The van der Waals surface area contributed by atoms with Crippen LogP contribution in [-0.2, 0) is 0 Å². The molecule has 1 nitrogen and oxygen atoms in total. The van der Waals surface area contributed by atoms with Crippen molar-refractivity contribution in [3.05, 3.63) is 47.1 Å². The second-order valence-corrected chi connectivity index (χ2v) is 5.53. The van der Waals surface area contributed by atoms with Crippen molar-refractivity contribution in [3.63, 3.8) is 0 Å². The fraction of sp³-hybridized carbons (Fsp3) is 0.0833. The van der Waals surface area contributed by atoms with E-state index in [1.807, 2.05) is 17.5 Å². The molecule has 1 aromatic heterocycles. The first-order chi connectivity index (χ1) is 7.66. The molecule has 0 saturated heterocycles. The Labute approximate surface area is 101 Å². The number of benzene rings is 1. The fourth-order valence-electron chi connectivity index (χ4n) is 1.23. The van der Waals surface area contributed by atoms with Crippen LogP contribution < -0.4 is 0 Å².